The molecule has 2 aromatic rings. The van der Waals surface area contributed by atoms with Crippen molar-refractivity contribution >= 4 is 17.3 Å². The van der Waals surface area contributed by atoms with Crippen molar-refractivity contribution in [3.05, 3.63) is 55.1 Å². The van der Waals surface area contributed by atoms with Crippen LogP contribution in [0.1, 0.15) is 11.1 Å². The average Bonchev–Trinajstić information content (AvgIpc) is 2.37. The van der Waals surface area contributed by atoms with Crippen LogP contribution < -0.4 is 10.3 Å². The highest BCUT2D eigenvalue weighted by molar-refractivity contribution is 6.31. The molecule has 1 aromatic carbocycles. The number of hydrogen-bond donors (Lipinski definition) is 1. The Hall–Kier alpha value is -2.41. The maximum Gasteiger partial charge on any atom is 0.312 e. The SMILES string of the molecule is Cc1cc(C)c(Oc2nc[nH]c(=O)c2Cl)c([N+](=O)[O-])c1. The number of benzene rings is 1. The number of rotatable bonds is 3. The van der Waals surface area contributed by atoms with Gasteiger partial charge in [0.05, 0.1) is 11.3 Å². The predicted molar refractivity (Wildman–Crippen MR) is 72.5 cm³/mol. The highest BCUT2D eigenvalue weighted by Crippen LogP contribution is 2.36. The van der Waals surface area contributed by atoms with Gasteiger partial charge in [0.2, 0.25) is 11.6 Å². The summed E-state index contributed by atoms with van der Waals surface area (Å²) in [6.45, 7) is 3.40. The standard InChI is InChI=1S/C12H10ClN3O4/c1-6-3-7(2)10(8(4-6)16(18)19)20-12-9(13)11(17)14-5-15-12/h3-5H,1-2H3,(H,14,15,17). The molecule has 0 unspecified atom stereocenters. The number of H-pyrrole nitrogens is 1. The minimum Gasteiger partial charge on any atom is -0.430 e. The fourth-order valence-corrected chi connectivity index (χ4v) is 1.88. The summed E-state index contributed by atoms with van der Waals surface area (Å²) in [5.74, 6) is -0.161. The van der Waals surface area contributed by atoms with Gasteiger partial charge in [0.1, 0.15) is 0 Å². The van der Waals surface area contributed by atoms with Gasteiger partial charge in [-0.2, -0.15) is 0 Å². The molecule has 0 aliphatic carbocycles. The van der Waals surface area contributed by atoms with Gasteiger partial charge in [-0.1, -0.05) is 17.7 Å². The van der Waals surface area contributed by atoms with Gasteiger partial charge in [-0.05, 0) is 25.0 Å². The van der Waals surface area contributed by atoms with Crippen molar-refractivity contribution in [2.24, 2.45) is 0 Å². The molecule has 1 aromatic heterocycles. The summed E-state index contributed by atoms with van der Waals surface area (Å²) >= 11 is 5.76. The smallest absolute Gasteiger partial charge is 0.312 e. The molecule has 0 aliphatic rings. The summed E-state index contributed by atoms with van der Waals surface area (Å²) in [6.07, 6.45) is 1.11. The van der Waals surface area contributed by atoms with Crippen molar-refractivity contribution in [3.8, 4) is 11.6 Å². The Morgan fingerprint density at radius 1 is 1.40 bits per heavy atom. The lowest BCUT2D eigenvalue weighted by Gasteiger charge is -2.09. The lowest BCUT2D eigenvalue weighted by molar-refractivity contribution is -0.385. The van der Waals surface area contributed by atoms with Crippen molar-refractivity contribution in [1.29, 1.82) is 0 Å². The van der Waals surface area contributed by atoms with Crippen molar-refractivity contribution in [2.45, 2.75) is 13.8 Å². The molecule has 0 fully saturated rings. The Balaban J connectivity index is 2.56. The van der Waals surface area contributed by atoms with E-state index in [0.29, 0.717) is 5.56 Å². The van der Waals surface area contributed by atoms with Gasteiger partial charge in [0.25, 0.3) is 5.56 Å². The minimum atomic E-state index is -0.580. The van der Waals surface area contributed by atoms with Crippen LogP contribution in [0.25, 0.3) is 0 Å². The van der Waals surface area contributed by atoms with Crippen molar-refractivity contribution < 1.29 is 9.66 Å². The number of aromatic amines is 1. The number of nitro benzene ring substituents is 1. The number of aromatic nitrogens is 2. The van der Waals surface area contributed by atoms with E-state index >= 15 is 0 Å². The normalized spacial score (nSPS) is 10.3. The number of halogens is 1. The Morgan fingerprint density at radius 3 is 2.75 bits per heavy atom. The van der Waals surface area contributed by atoms with E-state index in [1.165, 1.54) is 6.07 Å². The van der Waals surface area contributed by atoms with Crippen molar-refractivity contribution in [1.82, 2.24) is 9.97 Å². The third-order valence-electron chi connectivity index (χ3n) is 2.56. The quantitative estimate of drug-likeness (QED) is 0.693. The molecular formula is C12H10ClN3O4. The van der Waals surface area contributed by atoms with Crippen LogP contribution >= 0.6 is 11.6 Å². The molecule has 0 saturated heterocycles. The zero-order chi connectivity index (χ0) is 14.9. The van der Waals surface area contributed by atoms with E-state index in [9.17, 15) is 14.9 Å². The number of hydrogen-bond acceptors (Lipinski definition) is 5. The number of aryl methyl sites for hydroxylation is 2. The van der Waals surface area contributed by atoms with E-state index in [1.807, 2.05) is 0 Å². The average molecular weight is 296 g/mol. The maximum atomic E-state index is 11.3. The summed E-state index contributed by atoms with van der Waals surface area (Å²) in [4.78, 5) is 27.9. The molecule has 0 aliphatic heterocycles. The Labute approximate surface area is 118 Å². The highest BCUT2D eigenvalue weighted by Gasteiger charge is 2.21. The predicted octanol–water partition coefficient (Wildman–Crippen LogP) is 2.74. The highest BCUT2D eigenvalue weighted by atomic mass is 35.5. The lowest BCUT2D eigenvalue weighted by Crippen LogP contribution is -2.08. The van der Waals surface area contributed by atoms with E-state index in [-0.39, 0.29) is 22.3 Å². The van der Waals surface area contributed by atoms with Crippen molar-refractivity contribution in [2.75, 3.05) is 0 Å². The minimum absolute atomic E-state index is 0.0144. The van der Waals surface area contributed by atoms with Gasteiger partial charge >= 0.3 is 5.69 Å². The maximum absolute atomic E-state index is 11.3. The molecule has 0 saturated carbocycles. The second kappa shape index (κ2) is 5.30. The number of ether oxygens (including phenoxy) is 1. The number of nitro groups is 1. The van der Waals surface area contributed by atoms with Crippen LogP contribution in [0.2, 0.25) is 5.02 Å². The first-order valence-corrected chi connectivity index (χ1v) is 5.94. The Morgan fingerprint density at radius 2 is 2.10 bits per heavy atom. The number of nitrogens with one attached hydrogen (secondary N) is 1. The van der Waals surface area contributed by atoms with Crippen LogP contribution in [-0.4, -0.2) is 14.9 Å². The largest absolute Gasteiger partial charge is 0.430 e. The van der Waals surface area contributed by atoms with E-state index in [2.05, 4.69) is 9.97 Å². The second-order valence-electron chi connectivity index (χ2n) is 4.14. The fraction of sp³-hybridized carbons (Fsp3) is 0.167. The van der Waals surface area contributed by atoms with Crippen LogP contribution in [0.4, 0.5) is 5.69 Å². The fourth-order valence-electron chi connectivity index (χ4n) is 1.73. The zero-order valence-electron chi connectivity index (χ0n) is 10.6. The van der Waals surface area contributed by atoms with Crippen LogP contribution in [-0.2, 0) is 0 Å². The van der Waals surface area contributed by atoms with Crippen LogP contribution in [0.15, 0.2) is 23.3 Å². The van der Waals surface area contributed by atoms with Gasteiger partial charge in [-0.3, -0.25) is 14.9 Å². The van der Waals surface area contributed by atoms with Crippen LogP contribution in [0, 0.1) is 24.0 Å². The lowest BCUT2D eigenvalue weighted by atomic mass is 10.1. The monoisotopic (exact) mass is 295 g/mol. The first-order valence-electron chi connectivity index (χ1n) is 5.57. The number of nitrogens with zero attached hydrogens (tertiary/aromatic N) is 2. The topological polar surface area (TPSA) is 98.1 Å². The molecule has 1 heterocycles. The molecule has 0 spiro atoms. The third-order valence-corrected chi connectivity index (χ3v) is 2.89. The molecule has 0 amide bonds. The van der Waals surface area contributed by atoms with E-state index in [0.717, 1.165) is 11.9 Å². The van der Waals surface area contributed by atoms with Gasteiger partial charge in [0, 0.05) is 6.07 Å². The molecule has 7 nitrogen and oxygen atoms in total. The summed E-state index contributed by atoms with van der Waals surface area (Å²) in [6, 6.07) is 3.10. The first-order chi connectivity index (χ1) is 9.40. The zero-order valence-corrected chi connectivity index (χ0v) is 11.4. The van der Waals surface area contributed by atoms with Crippen molar-refractivity contribution in [3.63, 3.8) is 0 Å². The molecule has 1 N–H and O–H groups in total. The van der Waals surface area contributed by atoms with E-state index < -0.39 is 10.5 Å². The summed E-state index contributed by atoms with van der Waals surface area (Å²) in [7, 11) is 0. The third kappa shape index (κ3) is 2.62. The summed E-state index contributed by atoms with van der Waals surface area (Å²) in [5.41, 5.74) is 0.492. The molecular weight excluding hydrogens is 286 g/mol. The molecule has 104 valence electrons. The molecule has 0 bridgehead atoms. The van der Waals surface area contributed by atoms with Gasteiger partial charge in [-0.15, -0.1) is 0 Å². The molecule has 0 atom stereocenters. The van der Waals surface area contributed by atoms with E-state index in [4.69, 9.17) is 16.3 Å². The molecule has 20 heavy (non-hydrogen) atoms. The van der Waals surface area contributed by atoms with E-state index in [1.54, 1.807) is 19.9 Å². The summed E-state index contributed by atoms with van der Waals surface area (Å²) in [5, 5.41) is 10.8. The molecule has 8 heteroatoms. The van der Waals surface area contributed by atoms with Gasteiger partial charge in [0.15, 0.2) is 5.02 Å². The van der Waals surface area contributed by atoms with Gasteiger partial charge < -0.3 is 9.72 Å². The Bertz CT molecular complexity index is 742. The summed E-state index contributed by atoms with van der Waals surface area (Å²) < 4.78 is 5.36. The van der Waals surface area contributed by atoms with Crippen LogP contribution in [0.3, 0.4) is 0 Å². The molecule has 2 rings (SSSR count). The first kappa shape index (κ1) is 14.0. The second-order valence-corrected chi connectivity index (χ2v) is 4.52. The molecule has 0 radical (unpaired) electrons. The Kier molecular flexibility index (Phi) is 3.71. The van der Waals surface area contributed by atoms with Crippen LogP contribution in [0.5, 0.6) is 11.6 Å². The van der Waals surface area contributed by atoms with Gasteiger partial charge in [-0.25, -0.2) is 4.98 Å².